The number of aromatic nitrogens is 3. The van der Waals surface area contributed by atoms with Crippen LogP contribution in [-0.2, 0) is 11.3 Å². The van der Waals surface area contributed by atoms with Gasteiger partial charge in [-0.05, 0) is 43.7 Å². The van der Waals surface area contributed by atoms with Crippen LogP contribution < -0.4 is 5.32 Å². The molecule has 0 bridgehead atoms. The number of carbonyl (C=O) groups is 1. The van der Waals surface area contributed by atoms with E-state index >= 15 is 0 Å². The van der Waals surface area contributed by atoms with E-state index in [2.05, 4.69) is 28.6 Å². The molecule has 1 aliphatic carbocycles. The van der Waals surface area contributed by atoms with Crippen molar-refractivity contribution >= 4 is 5.91 Å². The van der Waals surface area contributed by atoms with Crippen LogP contribution in [-0.4, -0.2) is 26.9 Å². The molecule has 1 saturated carbocycles. The minimum Gasteiger partial charge on any atom is -0.353 e. The normalized spacial score (nSPS) is 21.9. The third-order valence-corrected chi connectivity index (χ3v) is 4.55. The lowest BCUT2D eigenvalue weighted by Crippen LogP contribution is -2.46. The summed E-state index contributed by atoms with van der Waals surface area (Å²) in [5, 5.41) is 11.0. The number of carbonyl (C=O) groups excluding carboxylic acids is 1. The van der Waals surface area contributed by atoms with Gasteiger partial charge in [-0.1, -0.05) is 29.5 Å². The molecule has 5 nitrogen and oxygen atoms in total. The Bertz CT molecular complexity index is 632. The zero-order chi connectivity index (χ0) is 15.5. The number of amides is 1. The number of rotatable bonds is 5. The first-order valence-electron chi connectivity index (χ1n) is 7.83. The van der Waals surface area contributed by atoms with E-state index in [1.165, 1.54) is 5.56 Å². The highest BCUT2D eigenvalue weighted by Gasteiger charge is 2.31. The lowest BCUT2D eigenvalue weighted by atomic mass is 9.80. The molecule has 1 heterocycles. The van der Waals surface area contributed by atoms with Gasteiger partial charge in [-0.3, -0.25) is 9.48 Å². The minimum atomic E-state index is -0.101. The van der Waals surface area contributed by atoms with Crippen LogP contribution in [0.5, 0.6) is 0 Å². The number of aryl methyl sites for hydroxylation is 1. The van der Waals surface area contributed by atoms with E-state index in [0.717, 1.165) is 24.9 Å². The van der Waals surface area contributed by atoms with Crippen molar-refractivity contribution in [2.75, 3.05) is 0 Å². The molecule has 5 heteroatoms. The Morgan fingerprint density at radius 2 is 2.18 bits per heavy atom. The van der Waals surface area contributed by atoms with E-state index < -0.39 is 0 Å². The summed E-state index contributed by atoms with van der Waals surface area (Å²) in [5.41, 5.74) is 2.28. The Labute approximate surface area is 130 Å². The first kappa shape index (κ1) is 14.8. The Morgan fingerprint density at radius 1 is 1.41 bits per heavy atom. The molecule has 116 valence electrons. The van der Waals surface area contributed by atoms with Crippen LogP contribution in [0, 0.1) is 12.8 Å². The van der Waals surface area contributed by atoms with E-state index in [1.807, 2.05) is 36.0 Å². The fourth-order valence-corrected chi connectivity index (χ4v) is 3.14. The maximum absolute atomic E-state index is 12.4. The minimum absolute atomic E-state index is 0.101. The van der Waals surface area contributed by atoms with E-state index in [-0.39, 0.29) is 11.8 Å². The van der Waals surface area contributed by atoms with Gasteiger partial charge in [-0.2, -0.15) is 0 Å². The Kier molecular flexibility index (Phi) is 4.22. The van der Waals surface area contributed by atoms with Crippen molar-refractivity contribution in [3.05, 3.63) is 47.8 Å². The first-order chi connectivity index (χ1) is 10.6. The molecule has 1 aromatic carbocycles. The van der Waals surface area contributed by atoms with Gasteiger partial charge in [0.15, 0.2) is 0 Å². The molecular weight excluding hydrogens is 276 g/mol. The highest BCUT2D eigenvalue weighted by atomic mass is 16.1. The summed E-state index contributed by atoms with van der Waals surface area (Å²) in [6.45, 7) is 4.92. The van der Waals surface area contributed by atoms with Crippen LogP contribution in [0.2, 0.25) is 0 Å². The second kappa shape index (κ2) is 6.30. The van der Waals surface area contributed by atoms with Gasteiger partial charge in [0, 0.05) is 18.8 Å². The van der Waals surface area contributed by atoms with Crippen molar-refractivity contribution in [1.82, 2.24) is 20.3 Å². The number of hydrogen-bond acceptors (Lipinski definition) is 3. The molecule has 1 amide bonds. The van der Waals surface area contributed by atoms with Crippen LogP contribution >= 0.6 is 0 Å². The molecule has 22 heavy (non-hydrogen) atoms. The molecule has 1 fully saturated rings. The van der Waals surface area contributed by atoms with Gasteiger partial charge >= 0.3 is 0 Å². The standard InChI is InChI=1S/C17H22N4O/c1-12-5-3-4-6-16(12)13(2)17(22)19-15-9-14(10-15)11-21-8-7-18-20-21/h3-8,13-15H,9-11H2,1-2H3,(H,19,22). The third-order valence-electron chi connectivity index (χ3n) is 4.55. The number of nitrogens with zero attached hydrogens (tertiary/aromatic N) is 3. The molecule has 0 saturated heterocycles. The van der Waals surface area contributed by atoms with Crippen molar-refractivity contribution in [3.63, 3.8) is 0 Å². The fourth-order valence-electron chi connectivity index (χ4n) is 3.14. The van der Waals surface area contributed by atoms with Crippen LogP contribution in [0.4, 0.5) is 0 Å². The molecule has 1 unspecified atom stereocenters. The van der Waals surface area contributed by atoms with E-state index in [9.17, 15) is 4.79 Å². The molecule has 1 atom stereocenters. The molecule has 3 rings (SSSR count). The summed E-state index contributed by atoms with van der Waals surface area (Å²) in [7, 11) is 0. The summed E-state index contributed by atoms with van der Waals surface area (Å²) in [6.07, 6.45) is 5.62. The average Bonchev–Trinajstić information content (AvgIpc) is 2.97. The third kappa shape index (κ3) is 3.18. The van der Waals surface area contributed by atoms with Gasteiger partial charge in [-0.15, -0.1) is 5.10 Å². The highest BCUT2D eigenvalue weighted by molar-refractivity contribution is 5.83. The molecule has 2 aromatic rings. The lowest BCUT2D eigenvalue weighted by Gasteiger charge is -2.36. The van der Waals surface area contributed by atoms with Crippen molar-refractivity contribution < 1.29 is 4.79 Å². The predicted octanol–water partition coefficient (Wildman–Crippen LogP) is 2.29. The van der Waals surface area contributed by atoms with E-state index in [1.54, 1.807) is 6.20 Å². The Morgan fingerprint density at radius 3 is 2.86 bits per heavy atom. The van der Waals surface area contributed by atoms with Gasteiger partial charge in [0.2, 0.25) is 5.91 Å². The first-order valence-corrected chi connectivity index (χ1v) is 7.83. The molecular formula is C17H22N4O. The van der Waals surface area contributed by atoms with Crippen molar-refractivity contribution in [1.29, 1.82) is 0 Å². The molecule has 1 aliphatic rings. The lowest BCUT2D eigenvalue weighted by molar-refractivity contribution is -0.123. The van der Waals surface area contributed by atoms with Crippen LogP contribution in [0.1, 0.15) is 36.8 Å². The molecule has 1 aromatic heterocycles. The van der Waals surface area contributed by atoms with Gasteiger partial charge in [0.05, 0.1) is 12.1 Å². The van der Waals surface area contributed by atoms with E-state index in [0.29, 0.717) is 12.0 Å². The summed E-state index contributed by atoms with van der Waals surface area (Å²) in [4.78, 5) is 12.4. The average molecular weight is 298 g/mol. The molecule has 0 aliphatic heterocycles. The number of nitrogens with one attached hydrogen (secondary N) is 1. The maximum Gasteiger partial charge on any atom is 0.227 e. The second-order valence-corrected chi connectivity index (χ2v) is 6.25. The predicted molar refractivity (Wildman–Crippen MR) is 84.3 cm³/mol. The monoisotopic (exact) mass is 298 g/mol. The summed E-state index contributed by atoms with van der Waals surface area (Å²) in [5.74, 6) is 0.606. The van der Waals surface area contributed by atoms with Gasteiger partial charge in [-0.25, -0.2) is 0 Å². The fraction of sp³-hybridized carbons (Fsp3) is 0.471. The zero-order valence-electron chi connectivity index (χ0n) is 13.1. The molecule has 1 N–H and O–H groups in total. The smallest absolute Gasteiger partial charge is 0.227 e. The number of hydrogen-bond donors (Lipinski definition) is 1. The Hall–Kier alpha value is -2.17. The van der Waals surface area contributed by atoms with Crippen LogP contribution in [0.15, 0.2) is 36.7 Å². The van der Waals surface area contributed by atoms with Gasteiger partial charge in [0.25, 0.3) is 0 Å². The topological polar surface area (TPSA) is 59.8 Å². The van der Waals surface area contributed by atoms with Crippen molar-refractivity contribution in [2.24, 2.45) is 5.92 Å². The van der Waals surface area contributed by atoms with Gasteiger partial charge in [0.1, 0.15) is 0 Å². The second-order valence-electron chi connectivity index (χ2n) is 6.25. The highest BCUT2D eigenvalue weighted by Crippen LogP contribution is 2.29. The zero-order valence-corrected chi connectivity index (χ0v) is 13.1. The van der Waals surface area contributed by atoms with E-state index in [4.69, 9.17) is 0 Å². The van der Waals surface area contributed by atoms with Crippen molar-refractivity contribution in [2.45, 2.75) is 45.2 Å². The summed E-state index contributed by atoms with van der Waals surface area (Å²) < 4.78 is 1.86. The van der Waals surface area contributed by atoms with Gasteiger partial charge < -0.3 is 5.32 Å². The Balaban J connectivity index is 1.48. The van der Waals surface area contributed by atoms with Crippen molar-refractivity contribution in [3.8, 4) is 0 Å². The molecule has 0 spiro atoms. The number of benzene rings is 1. The summed E-state index contributed by atoms with van der Waals surface area (Å²) in [6, 6.07) is 8.38. The quantitative estimate of drug-likeness (QED) is 0.921. The van der Waals surface area contributed by atoms with Crippen LogP contribution in [0.3, 0.4) is 0 Å². The molecule has 0 radical (unpaired) electrons. The van der Waals surface area contributed by atoms with Crippen LogP contribution in [0.25, 0.3) is 0 Å². The SMILES string of the molecule is Cc1ccccc1C(C)C(=O)NC1CC(Cn2ccnn2)C1. The largest absolute Gasteiger partial charge is 0.353 e. The maximum atomic E-state index is 12.4. The summed E-state index contributed by atoms with van der Waals surface area (Å²) >= 11 is 0.